The summed E-state index contributed by atoms with van der Waals surface area (Å²) in [7, 11) is -2.21. The Balaban J connectivity index is 1.52. The van der Waals surface area contributed by atoms with E-state index in [9.17, 15) is 13.2 Å². The van der Waals surface area contributed by atoms with Crippen molar-refractivity contribution in [3.8, 4) is 0 Å². The normalized spacial score (nSPS) is 26.2. The molecule has 1 amide bonds. The summed E-state index contributed by atoms with van der Waals surface area (Å²) in [6.07, 6.45) is 0.685. The maximum atomic E-state index is 13.3. The Morgan fingerprint density at radius 1 is 1.16 bits per heavy atom. The number of hydrogen-bond donors (Lipinski definition) is 0. The second-order valence-corrected chi connectivity index (χ2v) is 11.3. The van der Waals surface area contributed by atoms with Gasteiger partial charge >= 0.3 is 0 Å². The Morgan fingerprint density at radius 3 is 2.44 bits per heavy atom. The minimum Gasteiger partial charge on any atom is -0.464 e. The van der Waals surface area contributed by atoms with Crippen LogP contribution in [0.4, 0.5) is 0 Å². The molecule has 2 heterocycles. The van der Waals surface area contributed by atoms with Crippen LogP contribution in [0.5, 0.6) is 0 Å². The van der Waals surface area contributed by atoms with Gasteiger partial charge in [-0.1, -0.05) is 18.5 Å². The van der Waals surface area contributed by atoms with Crippen molar-refractivity contribution in [1.82, 2.24) is 9.21 Å². The standard InChI is InChI=1S/C23H29ClN2O5S/c1-14-9-19(14)21-8-6-18(31-21)13-25(4)23(27)17-5-7-20(24)22(10-17)32(28,29)26-11-15(2)30-16(3)12-26/h5-8,10,14-16,19H,9,11-13H2,1-4H3/t14-,15-,16+,19-/m1/s1. The molecule has 4 rings (SSSR count). The van der Waals surface area contributed by atoms with E-state index in [0.29, 0.717) is 24.1 Å². The molecule has 1 aromatic heterocycles. The predicted molar refractivity (Wildman–Crippen MR) is 121 cm³/mol. The summed E-state index contributed by atoms with van der Waals surface area (Å²) in [5.41, 5.74) is 0.257. The molecule has 0 bridgehead atoms. The number of morpholine rings is 1. The van der Waals surface area contributed by atoms with E-state index in [1.165, 1.54) is 21.3 Å². The predicted octanol–water partition coefficient (Wildman–Crippen LogP) is 4.13. The first-order valence-corrected chi connectivity index (χ1v) is 12.7. The molecule has 174 valence electrons. The molecule has 32 heavy (non-hydrogen) atoms. The van der Waals surface area contributed by atoms with Gasteiger partial charge in [0.15, 0.2) is 0 Å². The van der Waals surface area contributed by atoms with E-state index in [0.717, 1.165) is 12.2 Å². The maximum absolute atomic E-state index is 13.3. The molecule has 1 aliphatic heterocycles. The monoisotopic (exact) mass is 480 g/mol. The zero-order chi connectivity index (χ0) is 23.2. The van der Waals surface area contributed by atoms with Crippen LogP contribution in [0.25, 0.3) is 0 Å². The van der Waals surface area contributed by atoms with Gasteiger partial charge in [-0.3, -0.25) is 4.79 Å². The zero-order valence-corrected chi connectivity index (χ0v) is 20.3. The number of halogens is 1. The summed E-state index contributed by atoms with van der Waals surface area (Å²) in [6, 6.07) is 8.23. The summed E-state index contributed by atoms with van der Waals surface area (Å²) in [6.45, 7) is 6.62. The van der Waals surface area contributed by atoms with Gasteiger partial charge < -0.3 is 14.1 Å². The smallest absolute Gasteiger partial charge is 0.254 e. The number of hydrogen-bond acceptors (Lipinski definition) is 5. The number of furan rings is 1. The van der Waals surface area contributed by atoms with Gasteiger partial charge in [0, 0.05) is 31.6 Å². The van der Waals surface area contributed by atoms with Crippen LogP contribution in [0.1, 0.15) is 55.0 Å². The second kappa shape index (κ2) is 8.82. The van der Waals surface area contributed by atoms with Gasteiger partial charge in [-0.05, 0) is 56.5 Å². The van der Waals surface area contributed by atoms with Gasteiger partial charge in [-0.15, -0.1) is 0 Å². The highest BCUT2D eigenvalue weighted by molar-refractivity contribution is 7.89. The number of carbonyl (C=O) groups is 1. The molecule has 1 saturated carbocycles. The van der Waals surface area contributed by atoms with E-state index in [-0.39, 0.29) is 46.7 Å². The average Bonchev–Trinajstić information content (AvgIpc) is 3.27. The molecule has 0 spiro atoms. The van der Waals surface area contributed by atoms with Gasteiger partial charge in [0.25, 0.3) is 5.91 Å². The molecule has 2 aromatic rings. The van der Waals surface area contributed by atoms with E-state index >= 15 is 0 Å². The van der Waals surface area contributed by atoms with Gasteiger partial charge in [-0.2, -0.15) is 4.31 Å². The van der Waals surface area contributed by atoms with Gasteiger partial charge in [-0.25, -0.2) is 8.42 Å². The van der Waals surface area contributed by atoms with Crippen LogP contribution in [0, 0.1) is 5.92 Å². The van der Waals surface area contributed by atoms with E-state index in [2.05, 4.69) is 6.92 Å². The number of ether oxygens (including phenoxy) is 1. The fourth-order valence-electron chi connectivity index (χ4n) is 4.22. The molecular formula is C23H29ClN2O5S. The van der Waals surface area contributed by atoms with Crippen molar-refractivity contribution >= 4 is 27.5 Å². The van der Waals surface area contributed by atoms with Crippen molar-refractivity contribution in [3.05, 3.63) is 52.4 Å². The zero-order valence-electron chi connectivity index (χ0n) is 18.7. The van der Waals surface area contributed by atoms with Gasteiger partial charge in [0.05, 0.1) is 23.8 Å². The average molecular weight is 481 g/mol. The quantitative estimate of drug-likeness (QED) is 0.621. The molecule has 1 aliphatic carbocycles. The number of nitrogens with zero attached hydrogens (tertiary/aromatic N) is 2. The van der Waals surface area contributed by atoms with Crippen molar-refractivity contribution in [2.75, 3.05) is 20.1 Å². The Bertz CT molecular complexity index is 1110. The highest BCUT2D eigenvalue weighted by Gasteiger charge is 2.37. The molecule has 1 saturated heterocycles. The fourth-order valence-corrected chi connectivity index (χ4v) is 6.31. The first-order chi connectivity index (χ1) is 15.1. The fraction of sp³-hybridized carbons (Fsp3) is 0.522. The van der Waals surface area contributed by atoms with E-state index in [1.807, 2.05) is 26.0 Å². The lowest BCUT2D eigenvalue weighted by Crippen LogP contribution is -2.48. The maximum Gasteiger partial charge on any atom is 0.254 e. The van der Waals surface area contributed by atoms with Crippen LogP contribution in [0.2, 0.25) is 5.02 Å². The summed E-state index contributed by atoms with van der Waals surface area (Å²) >= 11 is 6.26. The van der Waals surface area contributed by atoms with Gasteiger partial charge in [0.2, 0.25) is 10.0 Å². The summed E-state index contributed by atoms with van der Waals surface area (Å²) in [5, 5.41) is 0.0882. The number of rotatable bonds is 6. The highest BCUT2D eigenvalue weighted by atomic mass is 35.5. The minimum atomic E-state index is -3.87. The molecule has 2 fully saturated rings. The topological polar surface area (TPSA) is 80.1 Å². The van der Waals surface area contributed by atoms with Gasteiger partial charge in [0.1, 0.15) is 16.4 Å². The summed E-state index contributed by atoms with van der Waals surface area (Å²) in [4.78, 5) is 14.5. The molecule has 1 aromatic carbocycles. The minimum absolute atomic E-state index is 0.0669. The van der Waals surface area contributed by atoms with Crippen molar-refractivity contribution in [1.29, 1.82) is 0 Å². The molecule has 0 N–H and O–H groups in total. The van der Waals surface area contributed by atoms with Crippen LogP contribution in [0.3, 0.4) is 0 Å². The third kappa shape index (κ3) is 4.73. The summed E-state index contributed by atoms with van der Waals surface area (Å²) < 4.78 is 39.5. The Kier molecular flexibility index (Phi) is 6.42. The van der Waals surface area contributed by atoms with Crippen LogP contribution in [-0.4, -0.2) is 55.9 Å². The van der Waals surface area contributed by atoms with Crippen molar-refractivity contribution in [3.63, 3.8) is 0 Å². The molecule has 2 aliphatic rings. The second-order valence-electron chi connectivity index (χ2n) is 9.01. The number of amides is 1. The molecular weight excluding hydrogens is 452 g/mol. The van der Waals surface area contributed by atoms with Crippen molar-refractivity contribution in [2.45, 2.75) is 56.8 Å². The molecule has 9 heteroatoms. The third-order valence-electron chi connectivity index (χ3n) is 6.08. The first-order valence-electron chi connectivity index (χ1n) is 10.9. The van der Waals surface area contributed by atoms with Crippen LogP contribution >= 0.6 is 11.6 Å². The van der Waals surface area contributed by atoms with E-state index < -0.39 is 10.0 Å². The van der Waals surface area contributed by atoms with E-state index in [1.54, 1.807) is 13.1 Å². The lowest BCUT2D eigenvalue weighted by Gasteiger charge is -2.34. The Labute approximate surface area is 194 Å². The Morgan fingerprint density at radius 2 is 1.81 bits per heavy atom. The number of sulfonamides is 1. The molecule has 0 radical (unpaired) electrons. The number of carbonyl (C=O) groups excluding carboxylic acids is 1. The van der Waals surface area contributed by atoms with Crippen LogP contribution in [0.15, 0.2) is 39.6 Å². The first kappa shape index (κ1) is 23.3. The summed E-state index contributed by atoms with van der Waals surface area (Å²) in [5.74, 6) is 2.47. The lowest BCUT2D eigenvalue weighted by atomic mass is 10.2. The van der Waals surface area contributed by atoms with E-state index in [4.69, 9.17) is 20.8 Å². The largest absolute Gasteiger partial charge is 0.464 e. The SMILES string of the molecule is C[C@@H]1CN(S(=O)(=O)c2cc(C(=O)N(C)Cc3ccc([C@@H]4C[C@H]4C)o3)ccc2Cl)C[C@H](C)O1. The highest BCUT2D eigenvalue weighted by Crippen LogP contribution is 2.47. The van der Waals surface area contributed by atoms with Crippen LogP contribution < -0.4 is 0 Å². The molecule has 7 nitrogen and oxygen atoms in total. The molecule has 0 unspecified atom stereocenters. The van der Waals surface area contributed by atoms with Crippen molar-refractivity contribution in [2.24, 2.45) is 5.92 Å². The lowest BCUT2D eigenvalue weighted by molar-refractivity contribution is -0.0440. The van der Waals surface area contributed by atoms with Crippen molar-refractivity contribution < 1.29 is 22.4 Å². The Hall–Kier alpha value is -1.87. The number of benzene rings is 1. The third-order valence-corrected chi connectivity index (χ3v) is 8.39. The molecule has 4 atom stereocenters. The van der Waals surface area contributed by atoms with Crippen LogP contribution in [-0.2, 0) is 21.3 Å².